The summed E-state index contributed by atoms with van der Waals surface area (Å²) in [5.74, 6) is -0.338. The lowest BCUT2D eigenvalue weighted by Crippen LogP contribution is -2.49. The average molecular weight is 284 g/mol. The summed E-state index contributed by atoms with van der Waals surface area (Å²) >= 11 is 0. The summed E-state index contributed by atoms with van der Waals surface area (Å²) in [6.45, 7) is 9.84. The van der Waals surface area contributed by atoms with Crippen molar-refractivity contribution < 1.29 is 14.7 Å². The van der Waals surface area contributed by atoms with Crippen LogP contribution < -0.4 is 5.32 Å². The first-order chi connectivity index (χ1) is 9.25. The Morgan fingerprint density at radius 2 is 2.05 bits per heavy atom. The molecule has 1 amide bonds. The highest BCUT2D eigenvalue weighted by molar-refractivity contribution is 5.81. The Kier molecular flexibility index (Phi) is 5.99. The molecule has 2 unspecified atom stereocenters. The fourth-order valence-corrected chi connectivity index (χ4v) is 2.64. The number of carbonyl (C=O) groups is 2. The minimum absolute atomic E-state index is 0.0555. The third-order valence-corrected chi connectivity index (χ3v) is 3.90. The van der Waals surface area contributed by atoms with Crippen molar-refractivity contribution in [1.29, 1.82) is 0 Å². The number of nitrogens with zero attached hydrogens (tertiary/aromatic N) is 1. The Labute approximate surface area is 121 Å². The van der Waals surface area contributed by atoms with E-state index in [9.17, 15) is 14.7 Å². The van der Waals surface area contributed by atoms with E-state index >= 15 is 0 Å². The van der Waals surface area contributed by atoms with Crippen LogP contribution in [-0.4, -0.2) is 47.6 Å². The lowest BCUT2D eigenvalue weighted by molar-refractivity contribution is -0.144. The van der Waals surface area contributed by atoms with Crippen LogP contribution in [0.15, 0.2) is 0 Å². The monoisotopic (exact) mass is 284 g/mol. The van der Waals surface area contributed by atoms with Gasteiger partial charge in [0.25, 0.3) is 0 Å². The Balaban J connectivity index is 2.49. The van der Waals surface area contributed by atoms with Gasteiger partial charge in [0.15, 0.2) is 0 Å². The Morgan fingerprint density at radius 1 is 1.40 bits per heavy atom. The molecule has 1 rings (SSSR count). The van der Waals surface area contributed by atoms with Gasteiger partial charge in [-0.1, -0.05) is 27.7 Å². The zero-order valence-corrected chi connectivity index (χ0v) is 13.1. The molecular weight excluding hydrogens is 256 g/mol. The Hall–Kier alpha value is -1.10. The molecule has 1 fully saturated rings. The van der Waals surface area contributed by atoms with Crippen molar-refractivity contribution in [3.63, 3.8) is 0 Å². The van der Waals surface area contributed by atoms with Crippen LogP contribution in [0.5, 0.6) is 0 Å². The molecule has 1 aliphatic heterocycles. The van der Waals surface area contributed by atoms with Gasteiger partial charge in [0.2, 0.25) is 5.91 Å². The van der Waals surface area contributed by atoms with Crippen molar-refractivity contribution in [3.05, 3.63) is 0 Å². The Morgan fingerprint density at radius 3 is 2.55 bits per heavy atom. The van der Waals surface area contributed by atoms with Crippen molar-refractivity contribution in [2.75, 3.05) is 19.6 Å². The largest absolute Gasteiger partial charge is 0.480 e. The molecule has 20 heavy (non-hydrogen) atoms. The number of carboxylic acid groups (broad SMARTS) is 1. The van der Waals surface area contributed by atoms with Crippen LogP contribution in [0.3, 0.4) is 0 Å². The highest BCUT2D eigenvalue weighted by atomic mass is 16.4. The van der Waals surface area contributed by atoms with Crippen LogP contribution in [0.25, 0.3) is 0 Å². The first-order valence-electron chi connectivity index (χ1n) is 7.50. The zero-order chi connectivity index (χ0) is 15.3. The molecule has 0 bridgehead atoms. The minimum atomic E-state index is -0.744. The van der Waals surface area contributed by atoms with Crippen LogP contribution in [0.2, 0.25) is 0 Å². The predicted octanol–water partition coefficient (Wildman–Crippen LogP) is 1.72. The predicted molar refractivity (Wildman–Crippen MR) is 78.5 cm³/mol. The summed E-state index contributed by atoms with van der Waals surface area (Å²) in [7, 11) is 0. The lowest BCUT2D eigenvalue weighted by atomic mass is 9.93. The quantitative estimate of drug-likeness (QED) is 0.806. The van der Waals surface area contributed by atoms with Gasteiger partial charge in [-0.2, -0.15) is 0 Å². The molecular formula is C15H28N2O3. The normalized spacial score (nSPS) is 22.3. The van der Waals surface area contributed by atoms with Gasteiger partial charge in [-0.3, -0.25) is 14.5 Å². The van der Waals surface area contributed by atoms with Crippen LogP contribution in [0, 0.1) is 11.3 Å². The van der Waals surface area contributed by atoms with E-state index in [2.05, 4.69) is 5.32 Å². The van der Waals surface area contributed by atoms with Gasteiger partial charge in [-0.25, -0.2) is 0 Å². The van der Waals surface area contributed by atoms with E-state index in [4.69, 9.17) is 0 Å². The van der Waals surface area contributed by atoms with Gasteiger partial charge in [0.1, 0.15) is 6.04 Å². The van der Waals surface area contributed by atoms with Crippen molar-refractivity contribution in [2.24, 2.45) is 11.3 Å². The molecule has 0 aromatic heterocycles. The molecule has 0 spiro atoms. The maximum Gasteiger partial charge on any atom is 0.320 e. The molecule has 1 aliphatic rings. The van der Waals surface area contributed by atoms with Crippen LogP contribution in [0.4, 0.5) is 0 Å². The van der Waals surface area contributed by atoms with Gasteiger partial charge in [-0.15, -0.1) is 0 Å². The van der Waals surface area contributed by atoms with E-state index < -0.39 is 12.0 Å². The number of nitrogens with one attached hydrogen (secondary N) is 1. The Bertz CT molecular complexity index is 350. The number of hydrogen-bond donors (Lipinski definition) is 2. The number of piperidine rings is 1. The molecule has 2 N–H and O–H groups in total. The summed E-state index contributed by atoms with van der Waals surface area (Å²) in [4.78, 5) is 25.1. The van der Waals surface area contributed by atoms with E-state index in [0.717, 1.165) is 25.9 Å². The van der Waals surface area contributed by atoms with E-state index in [1.807, 2.05) is 32.6 Å². The van der Waals surface area contributed by atoms with Gasteiger partial charge >= 0.3 is 5.97 Å². The highest BCUT2D eigenvalue weighted by Gasteiger charge is 2.30. The molecule has 0 aliphatic carbocycles. The fraction of sp³-hybridized carbons (Fsp3) is 0.867. The van der Waals surface area contributed by atoms with E-state index in [1.54, 1.807) is 0 Å². The molecule has 0 aromatic carbocycles. The first-order valence-corrected chi connectivity index (χ1v) is 7.50. The molecule has 0 aromatic rings. The van der Waals surface area contributed by atoms with Gasteiger partial charge < -0.3 is 10.4 Å². The molecule has 0 saturated carbocycles. The molecule has 1 heterocycles. The second-order valence-electron chi connectivity index (χ2n) is 6.73. The highest BCUT2D eigenvalue weighted by Crippen LogP contribution is 2.20. The molecule has 5 heteroatoms. The number of carbonyl (C=O) groups excluding carboxylic acids is 1. The van der Waals surface area contributed by atoms with Crippen LogP contribution in [0.1, 0.15) is 47.0 Å². The van der Waals surface area contributed by atoms with E-state index in [-0.39, 0.29) is 11.3 Å². The number of rotatable bonds is 5. The van der Waals surface area contributed by atoms with Crippen LogP contribution in [-0.2, 0) is 9.59 Å². The number of likely N-dealkylation sites (tertiary alicyclic amines) is 1. The summed E-state index contributed by atoms with van der Waals surface area (Å²) < 4.78 is 0. The maximum absolute atomic E-state index is 11.9. The molecule has 2 atom stereocenters. The van der Waals surface area contributed by atoms with Gasteiger partial charge in [0.05, 0.1) is 0 Å². The third-order valence-electron chi connectivity index (χ3n) is 3.90. The van der Waals surface area contributed by atoms with Crippen molar-refractivity contribution in [2.45, 2.75) is 53.0 Å². The summed E-state index contributed by atoms with van der Waals surface area (Å²) in [6.07, 6.45) is 2.67. The molecule has 0 radical (unpaired) electrons. The van der Waals surface area contributed by atoms with Crippen LogP contribution >= 0.6 is 0 Å². The number of amides is 1. The second kappa shape index (κ2) is 7.07. The van der Waals surface area contributed by atoms with Crippen molar-refractivity contribution >= 4 is 11.9 Å². The summed E-state index contributed by atoms with van der Waals surface area (Å²) in [6, 6.07) is -0.392. The standard InChI is InChI=1S/C15H28N2O3/c1-5-12(13(18)19)17-8-6-7-11(10-17)9-16-14(20)15(2,3)4/h11-12H,5-10H2,1-4H3,(H,16,20)(H,18,19). The van der Waals surface area contributed by atoms with Crippen molar-refractivity contribution in [1.82, 2.24) is 10.2 Å². The smallest absolute Gasteiger partial charge is 0.320 e. The molecule has 1 saturated heterocycles. The summed E-state index contributed by atoms with van der Waals surface area (Å²) in [5.41, 5.74) is -0.374. The summed E-state index contributed by atoms with van der Waals surface area (Å²) in [5, 5.41) is 12.2. The maximum atomic E-state index is 11.9. The second-order valence-corrected chi connectivity index (χ2v) is 6.73. The van der Waals surface area contributed by atoms with E-state index in [1.165, 1.54) is 0 Å². The SMILES string of the molecule is CCC(C(=O)O)N1CCCC(CNC(=O)C(C)(C)C)C1. The first kappa shape index (κ1) is 17.0. The number of aliphatic carboxylic acids is 1. The topological polar surface area (TPSA) is 69.6 Å². The van der Waals surface area contributed by atoms with Gasteiger partial charge in [-0.05, 0) is 31.7 Å². The zero-order valence-electron chi connectivity index (χ0n) is 13.1. The number of hydrogen-bond acceptors (Lipinski definition) is 3. The molecule has 116 valence electrons. The molecule has 5 nitrogen and oxygen atoms in total. The lowest BCUT2D eigenvalue weighted by Gasteiger charge is -2.36. The number of carboxylic acids is 1. The van der Waals surface area contributed by atoms with Gasteiger partial charge in [0, 0.05) is 18.5 Å². The minimum Gasteiger partial charge on any atom is -0.480 e. The van der Waals surface area contributed by atoms with Crippen molar-refractivity contribution in [3.8, 4) is 0 Å². The third kappa shape index (κ3) is 4.78. The van der Waals surface area contributed by atoms with E-state index in [0.29, 0.717) is 18.9 Å². The average Bonchev–Trinajstić information content (AvgIpc) is 2.35. The fourth-order valence-electron chi connectivity index (χ4n) is 2.64.